The maximum Gasteiger partial charge on any atom is 0.316 e. The smallest absolute Gasteiger partial charge is 0.316 e. The highest BCUT2D eigenvalue weighted by Crippen LogP contribution is 2.31. The lowest BCUT2D eigenvalue weighted by Gasteiger charge is -2.12. The average molecular weight is 267 g/mol. The molecule has 0 aliphatic heterocycles. The van der Waals surface area contributed by atoms with Crippen LogP contribution in [0.4, 0.5) is 17.1 Å². The highest BCUT2D eigenvalue weighted by atomic mass is 16.6. The van der Waals surface area contributed by atoms with Crippen molar-refractivity contribution in [2.45, 2.75) is 6.42 Å². The summed E-state index contributed by atoms with van der Waals surface area (Å²) in [6.45, 7) is 0.311. The Morgan fingerprint density at radius 2 is 2.05 bits per heavy atom. The number of para-hydroxylation sites is 1. The van der Waals surface area contributed by atoms with Gasteiger partial charge in [0, 0.05) is 27.1 Å². The van der Waals surface area contributed by atoms with Crippen LogP contribution in [0, 0.1) is 10.1 Å². The van der Waals surface area contributed by atoms with E-state index in [0.29, 0.717) is 12.2 Å². The molecule has 1 aromatic rings. The summed E-state index contributed by atoms with van der Waals surface area (Å²) in [5.41, 5.74) is 2.68. The number of rotatable bonds is 6. The van der Waals surface area contributed by atoms with Gasteiger partial charge in [-0.25, -0.2) is 0 Å². The molecular weight excluding hydrogens is 250 g/mol. The summed E-state index contributed by atoms with van der Waals surface area (Å²) in [7, 11) is 3.31. The zero-order valence-electron chi connectivity index (χ0n) is 10.8. The van der Waals surface area contributed by atoms with Crippen molar-refractivity contribution >= 4 is 23.0 Å². The van der Waals surface area contributed by atoms with Crippen molar-refractivity contribution in [2.24, 2.45) is 5.84 Å². The zero-order chi connectivity index (χ0) is 14.4. The van der Waals surface area contributed by atoms with E-state index in [1.807, 2.05) is 0 Å². The molecule has 8 nitrogen and oxygen atoms in total. The Kier molecular flexibility index (Phi) is 5.07. The molecule has 0 bridgehead atoms. The molecule has 0 aliphatic rings. The number of nitro benzene ring substituents is 1. The van der Waals surface area contributed by atoms with Gasteiger partial charge in [-0.15, -0.1) is 0 Å². The van der Waals surface area contributed by atoms with Crippen LogP contribution in [-0.2, 0) is 4.79 Å². The van der Waals surface area contributed by atoms with Crippen LogP contribution in [0.3, 0.4) is 0 Å². The Hall–Kier alpha value is -2.35. The van der Waals surface area contributed by atoms with Crippen LogP contribution in [-0.4, -0.2) is 36.4 Å². The van der Waals surface area contributed by atoms with Crippen molar-refractivity contribution in [2.75, 3.05) is 31.4 Å². The van der Waals surface area contributed by atoms with E-state index in [4.69, 9.17) is 5.84 Å². The molecule has 0 heterocycles. The number of nitrogen functional groups attached to an aromatic ring is 1. The number of hydrazine groups is 1. The molecule has 0 unspecified atom stereocenters. The summed E-state index contributed by atoms with van der Waals surface area (Å²) in [6, 6.07) is 4.71. The van der Waals surface area contributed by atoms with Gasteiger partial charge in [0.1, 0.15) is 11.4 Å². The fourth-order valence-corrected chi connectivity index (χ4v) is 1.53. The predicted octanol–water partition coefficient (Wildman–Crippen LogP) is 0.771. The largest absolute Gasteiger partial charge is 0.379 e. The molecule has 0 saturated carbocycles. The number of carbonyl (C=O) groups is 1. The monoisotopic (exact) mass is 267 g/mol. The van der Waals surface area contributed by atoms with Crippen LogP contribution in [0.2, 0.25) is 0 Å². The summed E-state index contributed by atoms with van der Waals surface area (Å²) in [6.07, 6.45) is 0.254. The van der Waals surface area contributed by atoms with Crippen LogP contribution in [0.25, 0.3) is 0 Å². The first-order valence-electron chi connectivity index (χ1n) is 5.65. The third kappa shape index (κ3) is 3.81. The molecule has 0 spiro atoms. The Balaban J connectivity index is 2.78. The van der Waals surface area contributed by atoms with Gasteiger partial charge in [-0.1, -0.05) is 6.07 Å². The van der Waals surface area contributed by atoms with Crippen LogP contribution < -0.4 is 16.6 Å². The van der Waals surface area contributed by atoms with Crippen molar-refractivity contribution in [1.29, 1.82) is 0 Å². The summed E-state index contributed by atoms with van der Waals surface area (Å²) in [5, 5.41) is 13.9. The minimum atomic E-state index is -0.523. The summed E-state index contributed by atoms with van der Waals surface area (Å²) in [5.74, 6) is 5.18. The van der Waals surface area contributed by atoms with E-state index >= 15 is 0 Å². The molecule has 0 saturated heterocycles. The molecule has 8 heteroatoms. The molecule has 0 atom stereocenters. The third-order valence-electron chi connectivity index (χ3n) is 2.53. The van der Waals surface area contributed by atoms with Gasteiger partial charge in [-0.3, -0.25) is 20.8 Å². The number of nitrogens with two attached hydrogens (primary N) is 1. The number of nitro groups is 1. The summed E-state index contributed by atoms with van der Waals surface area (Å²) >= 11 is 0. The Morgan fingerprint density at radius 1 is 1.42 bits per heavy atom. The molecule has 1 rings (SSSR count). The minimum absolute atomic E-state index is 0.0525. The molecule has 19 heavy (non-hydrogen) atoms. The minimum Gasteiger partial charge on any atom is -0.379 e. The number of amides is 1. The quantitative estimate of drug-likeness (QED) is 0.398. The lowest BCUT2D eigenvalue weighted by atomic mass is 10.2. The molecule has 104 valence electrons. The number of hydrogen-bond acceptors (Lipinski definition) is 6. The third-order valence-corrected chi connectivity index (χ3v) is 2.53. The van der Waals surface area contributed by atoms with E-state index in [1.165, 1.54) is 11.0 Å². The van der Waals surface area contributed by atoms with Crippen LogP contribution in [0.5, 0.6) is 0 Å². The zero-order valence-corrected chi connectivity index (χ0v) is 10.8. The van der Waals surface area contributed by atoms with Gasteiger partial charge >= 0.3 is 5.69 Å². The van der Waals surface area contributed by atoms with Gasteiger partial charge in [0.2, 0.25) is 5.91 Å². The van der Waals surface area contributed by atoms with Gasteiger partial charge in [0.05, 0.1) is 4.92 Å². The van der Waals surface area contributed by atoms with Crippen molar-refractivity contribution in [3.8, 4) is 0 Å². The molecule has 0 radical (unpaired) electrons. The SMILES string of the molecule is CN(C)C(=O)CCNc1cccc(NN)c1[N+](=O)[O-]. The maximum atomic E-state index is 11.4. The van der Waals surface area contributed by atoms with Gasteiger partial charge in [0.15, 0.2) is 0 Å². The predicted molar refractivity (Wildman–Crippen MR) is 72.7 cm³/mol. The van der Waals surface area contributed by atoms with Gasteiger partial charge < -0.3 is 15.6 Å². The standard InChI is InChI=1S/C11H17N5O3/c1-15(2)10(17)6-7-13-8-4-3-5-9(14-12)11(8)16(18)19/h3-5,13-14H,6-7,12H2,1-2H3. The fraction of sp³-hybridized carbons (Fsp3) is 0.364. The molecule has 1 amide bonds. The van der Waals surface area contributed by atoms with Crippen LogP contribution in [0.1, 0.15) is 6.42 Å². The first-order chi connectivity index (χ1) is 8.97. The van der Waals surface area contributed by atoms with E-state index in [-0.39, 0.29) is 23.7 Å². The molecule has 0 aromatic heterocycles. The summed E-state index contributed by atoms with van der Waals surface area (Å²) < 4.78 is 0. The van der Waals surface area contributed by atoms with Crippen molar-refractivity contribution in [3.05, 3.63) is 28.3 Å². The highest BCUT2D eigenvalue weighted by Gasteiger charge is 2.18. The average Bonchev–Trinajstić information content (AvgIpc) is 2.37. The normalized spacial score (nSPS) is 9.84. The van der Waals surface area contributed by atoms with E-state index in [1.54, 1.807) is 26.2 Å². The van der Waals surface area contributed by atoms with Crippen molar-refractivity contribution in [3.63, 3.8) is 0 Å². The van der Waals surface area contributed by atoms with Crippen molar-refractivity contribution in [1.82, 2.24) is 4.90 Å². The lowest BCUT2D eigenvalue weighted by molar-refractivity contribution is -0.383. The van der Waals surface area contributed by atoms with E-state index in [0.717, 1.165) is 0 Å². The topological polar surface area (TPSA) is 114 Å². The fourth-order valence-electron chi connectivity index (χ4n) is 1.53. The van der Waals surface area contributed by atoms with E-state index in [2.05, 4.69) is 10.7 Å². The number of benzene rings is 1. The Labute approximate surface area is 110 Å². The lowest BCUT2D eigenvalue weighted by Crippen LogP contribution is -2.24. The van der Waals surface area contributed by atoms with Gasteiger partial charge in [-0.2, -0.15) is 0 Å². The molecule has 0 fully saturated rings. The maximum absolute atomic E-state index is 11.4. The number of nitrogens with one attached hydrogen (secondary N) is 2. The first kappa shape index (κ1) is 14.7. The van der Waals surface area contributed by atoms with Gasteiger partial charge in [0.25, 0.3) is 0 Å². The second-order valence-corrected chi connectivity index (χ2v) is 4.07. The molecule has 4 N–H and O–H groups in total. The summed E-state index contributed by atoms with van der Waals surface area (Å²) in [4.78, 5) is 23.3. The second-order valence-electron chi connectivity index (χ2n) is 4.07. The Morgan fingerprint density at radius 3 is 2.58 bits per heavy atom. The van der Waals surface area contributed by atoms with Crippen molar-refractivity contribution < 1.29 is 9.72 Å². The second kappa shape index (κ2) is 6.55. The van der Waals surface area contributed by atoms with E-state index < -0.39 is 4.92 Å². The Bertz CT molecular complexity index is 475. The van der Waals surface area contributed by atoms with Gasteiger partial charge in [-0.05, 0) is 12.1 Å². The number of carbonyl (C=O) groups excluding carboxylic acids is 1. The first-order valence-corrected chi connectivity index (χ1v) is 5.65. The number of anilines is 2. The molecular formula is C11H17N5O3. The molecule has 1 aromatic carbocycles. The van der Waals surface area contributed by atoms with Crippen LogP contribution >= 0.6 is 0 Å². The number of hydrogen-bond donors (Lipinski definition) is 3. The van der Waals surface area contributed by atoms with Crippen LogP contribution in [0.15, 0.2) is 18.2 Å². The number of nitrogens with zero attached hydrogens (tertiary/aromatic N) is 2. The van der Waals surface area contributed by atoms with E-state index in [9.17, 15) is 14.9 Å². The highest BCUT2D eigenvalue weighted by molar-refractivity contribution is 5.78. The molecule has 0 aliphatic carbocycles.